The van der Waals surface area contributed by atoms with Crippen molar-refractivity contribution in [1.29, 1.82) is 0 Å². The third-order valence-corrected chi connectivity index (χ3v) is 42.0. The summed E-state index contributed by atoms with van der Waals surface area (Å²) in [6, 6.07) is 81.3. The largest absolute Gasteiger partial charge is 0.466 e. The Hall–Kier alpha value is -11.2. The molecule has 0 aliphatic heterocycles. The number of unbranched alkanes of at least 4 members (excludes halogenated alkanes) is 3. The van der Waals surface area contributed by atoms with E-state index < -0.39 is 54.0 Å². The molecular weight excluding hydrogens is 2090 g/mol. The Morgan fingerprint density at radius 2 is 0.521 bits per heavy atom. The Bertz CT molecular complexity index is 7680. The maximum Gasteiger partial charge on any atom is 0.302 e. The number of ether oxygens (including phenoxy) is 3. The maximum absolute atomic E-state index is 13.0. The first-order valence-electron chi connectivity index (χ1n) is 46.0. The molecule has 20 aromatic rings. The number of aromatic nitrogens is 5. The summed E-state index contributed by atoms with van der Waals surface area (Å²) < 4.78 is 82.7. The van der Waals surface area contributed by atoms with Crippen LogP contribution in [0.5, 0.6) is 0 Å². The molecule has 0 amide bonds. The number of thiophene rings is 10. The molecule has 15 aromatic heterocycles. The minimum Gasteiger partial charge on any atom is -0.466 e. The highest BCUT2D eigenvalue weighted by atomic mass is 32.2. The minimum atomic E-state index is -1.29. The molecule has 0 spiro atoms. The molecule has 0 aliphatic rings. The van der Waals surface area contributed by atoms with E-state index in [0.29, 0.717) is 119 Å². The van der Waals surface area contributed by atoms with Gasteiger partial charge in [-0.3, -0.25) is 30.6 Å². The van der Waals surface area contributed by atoms with E-state index in [9.17, 15) is 30.6 Å². The zero-order valence-corrected chi connectivity index (χ0v) is 91.0. The summed E-state index contributed by atoms with van der Waals surface area (Å²) >= 11 is 15.3. The van der Waals surface area contributed by atoms with E-state index >= 15 is 0 Å². The number of aliphatic hydroxyl groups is 1. The number of nitrogens with two attached hydrogens (primary N) is 5. The number of carbonyl (C=O) groups excluding carboxylic acids is 2. The van der Waals surface area contributed by atoms with Crippen LogP contribution in [0.4, 0.5) is 28.4 Å². The van der Waals surface area contributed by atoms with Gasteiger partial charge in [0.25, 0.3) is 0 Å². The third kappa shape index (κ3) is 25.7. The van der Waals surface area contributed by atoms with E-state index in [1.807, 2.05) is 167 Å². The molecule has 5 atom stereocenters. The third-order valence-electron chi connectivity index (χ3n) is 22.6. The predicted molar refractivity (Wildman–Crippen MR) is 615 cm³/mol. The zero-order chi connectivity index (χ0) is 101. The monoisotopic (exact) mass is 2190 g/mol. The maximum atomic E-state index is 13.0. The Labute approximate surface area is 887 Å². The lowest BCUT2D eigenvalue weighted by Gasteiger charge is -2.08. The van der Waals surface area contributed by atoms with Crippen LogP contribution in [-0.4, -0.2) is 125 Å². The molecule has 21 nitrogen and oxygen atoms in total. The number of nitrogens with zero attached hydrogens (tertiary/aromatic N) is 5. The highest BCUT2D eigenvalue weighted by Gasteiger charge is 2.29. The summed E-state index contributed by atoms with van der Waals surface area (Å²) in [6.07, 6.45) is 5.91. The van der Waals surface area contributed by atoms with Crippen LogP contribution in [0.25, 0.3) is 160 Å². The summed E-state index contributed by atoms with van der Waals surface area (Å²) in [6.45, 7) is 6.16. The number of hydrogen-bond acceptors (Lipinski definition) is 31. The van der Waals surface area contributed by atoms with Gasteiger partial charge in [-0.15, -0.1) is 113 Å². The molecule has 0 saturated heterocycles. The number of hydrogen-bond donors (Lipinski definition) is 6. The molecule has 0 fully saturated rings. The second-order valence-electron chi connectivity index (χ2n) is 32.5. The van der Waals surface area contributed by atoms with Crippen molar-refractivity contribution in [2.45, 2.75) is 93.2 Å². The van der Waals surface area contributed by atoms with Gasteiger partial charge in [0.05, 0.1) is 149 Å². The normalized spacial score (nSPS) is 12.3. The van der Waals surface area contributed by atoms with Gasteiger partial charge in [0.2, 0.25) is 0 Å². The fourth-order valence-corrected chi connectivity index (χ4v) is 32.6. The Morgan fingerprint density at radius 3 is 0.736 bits per heavy atom. The molecule has 0 bridgehead atoms. The van der Waals surface area contributed by atoms with Crippen LogP contribution in [0.1, 0.15) is 72.1 Å². The summed E-state index contributed by atoms with van der Waals surface area (Å²) in [7, 11) is -4.30. The summed E-state index contributed by atoms with van der Waals surface area (Å²) in [4.78, 5) is 55.6. The molecule has 740 valence electrons. The first-order chi connectivity index (χ1) is 70.1. The molecule has 15 heterocycles. The van der Waals surface area contributed by atoms with Crippen molar-refractivity contribution in [2.75, 3.05) is 91.0 Å². The average Bonchev–Trinajstić information content (AvgIpc) is 1.63. The van der Waals surface area contributed by atoms with Crippen LogP contribution >= 0.6 is 113 Å². The SMILES string of the molecule is CC(=O)OCCCCS(=O)c1sc2nc(-c3cccs3)cc(-c3ccccc3)c2c1N.CC(=O)OCCCS(=O)c1sc2nc(-c3cccs3)cc(-c3ccccc3)c2c1N.CCCCS(=O)c1sc2nc(-c3cccs3)cc(-c3ccccc3)c2c1N.COCCCS(=O)c1sc2nc(-c3cccs3)cc(-c3ccccc3)c2c1N.Nc1c(S(=O)CCCCO)sc2nc(-c3cccs3)cc(-c3ccccc3)c12. The van der Waals surface area contributed by atoms with Gasteiger partial charge >= 0.3 is 11.9 Å². The van der Waals surface area contributed by atoms with Gasteiger partial charge in [-0.1, -0.05) is 195 Å². The zero-order valence-electron chi connectivity index (χ0n) is 78.8. The first-order valence-corrected chi connectivity index (χ1v) is 61.1. The number of esters is 2. The van der Waals surface area contributed by atoms with Gasteiger partial charge in [-0.25, -0.2) is 24.9 Å². The van der Waals surface area contributed by atoms with Crippen LogP contribution in [0, 0.1) is 0 Å². The number of benzene rings is 5. The number of anilines is 5. The molecule has 0 radical (unpaired) electrons. The van der Waals surface area contributed by atoms with Crippen LogP contribution in [-0.2, 0) is 77.8 Å². The number of aliphatic hydroxyl groups excluding tert-OH is 1. The minimum absolute atomic E-state index is 0.114. The Balaban J connectivity index is 0.000000129. The van der Waals surface area contributed by atoms with Crippen molar-refractivity contribution >= 4 is 259 Å². The predicted octanol–water partition coefficient (Wildman–Crippen LogP) is 27.8. The molecule has 5 unspecified atom stereocenters. The van der Waals surface area contributed by atoms with Gasteiger partial charge in [-0.05, 0) is 188 Å². The number of rotatable bonds is 35. The highest BCUT2D eigenvalue weighted by molar-refractivity contribution is 7.89. The van der Waals surface area contributed by atoms with Gasteiger partial charge in [0.1, 0.15) is 45.2 Å². The molecular formula is C108H102N10O11S15. The first kappa shape index (κ1) is 106. The van der Waals surface area contributed by atoms with Crippen molar-refractivity contribution < 1.29 is 50.0 Å². The van der Waals surface area contributed by atoms with Crippen molar-refractivity contribution in [3.05, 3.63) is 270 Å². The van der Waals surface area contributed by atoms with Crippen LogP contribution in [0.15, 0.2) is 291 Å². The number of methoxy groups -OCH3 is 1. The van der Waals surface area contributed by atoms with E-state index in [4.69, 9.17) is 72.9 Å². The highest BCUT2D eigenvalue weighted by Crippen LogP contribution is 2.50. The van der Waals surface area contributed by atoms with Gasteiger partial charge in [0.15, 0.2) is 0 Å². The number of pyridine rings is 5. The van der Waals surface area contributed by atoms with Crippen LogP contribution in [0.2, 0.25) is 0 Å². The summed E-state index contributed by atoms with van der Waals surface area (Å²) in [5, 5.41) is 23.6. The van der Waals surface area contributed by atoms with Crippen LogP contribution < -0.4 is 28.7 Å². The lowest BCUT2D eigenvalue weighted by atomic mass is 10.0. The molecule has 144 heavy (non-hydrogen) atoms. The number of nitrogen functional groups attached to an aromatic ring is 5. The van der Waals surface area contributed by atoms with Gasteiger partial charge < -0.3 is 48.0 Å². The molecule has 11 N–H and O–H groups in total. The molecule has 0 aliphatic carbocycles. The second-order valence-corrected chi connectivity index (χ2v) is 51.1. The summed E-state index contributed by atoms with van der Waals surface area (Å²) in [5.74, 6) is 1.89. The standard InChI is InChI=1S/C23H22N2O3S3.C22H20N2O3S3.2C21H20N2O2S3.C21H20N2OS3/c1-15(26)28-11-5-6-13-31(27)23-21(24)20-17(16-8-3-2-4-9-16)14-18(25-22(20)30-23)19-10-7-12-29-19;1-14(25)27-10-6-12-30(26)22-20(23)19-16(15-7-3-2-4-8-15)13-17(24-21(19)29-22)18-9-5-11-28-18;1-25-10-6-12-28(24)21-19(22)18-15(14-7-3-2-4-8-14)13-16(23-20(18)27-21)17-9-5-11-26-17;22-19-18-15(14-7-2-1-3-8-14)13-16(17-9-6-11-26-17)23-20(18)27-21(19)28(25)12-5-4-10-24;1-2-3-12-27(24)21-19(22)18-15(14-8-5-4-6-9-14)13-16(23-20(18)26-21)17-10-7-11-25-17/h2-4,7-10,12,14H,5-6,11,13,24H2,1H3;2-5,7-9,11,13H,6,10,12,23H2,1H3;2-5,7-9,11,13H,6,10,12,22H2,1H3;1-3,6-9,11,13,24H,4-5,10,12,22H2;4-11,13H,2-3,12,22H2,1H3. The fourth-order valence-electron chi connectivity index (χ4n) is 15.7. The fraction of sp³-hybridized carbons (Fsp3) is 0.194. The lowest BCUT2D eigenvalue weighted by Crippen LogP contribution is -2.06. The van der Waals surface area contributed by atoms with Gasteiger partial charge in [0, 0.05) is 89.9 Å². The Morgan fingerprint density at radius 1 is 0.299 bits per heavy atom. The number of fused-ring (bicyclic) bond motifs is 5. The smallest absolute Gasteiger partial charge is 0.302 e. The summed E-state index contributed by atoms with van der Waals surface area (Å²) in [5.41, 5.74) is 50.3. The van der Waals surface area contributed by atoms with Crippen LogP contribution in [0.3, 0.4) is 0 Å². The van der Waals surface area contributed by atoms with E-state index in [1.54, 1.807) is 63.8 Å². The van der Waals surface area contributed by atoms with E-state index in [0.717, 1.165) is 183 Å². The Kier molecular flexibility index (Phi) is 37.5. The van der Waals surface area contributed by atoms with Crippen molar-refractivity contribution in [1.82, 2.24) is 24.9 Å². The van der Waals surface area contributed by atoms with Crippen molar-refractivity contribution in [2.24, 2.45) is 0 Å². The van der Waals surface area contributed by atoms with E-state index in [-0.39, 0.29) is 25.2 Å². The molecule has 5 aromatic carbocycles. The van der Waals surface area contributed by atoms with Gasteiger partial charge in [-0.2, -0.15) is 0 Å². The average molecular weight is 2200 g/mol. The topological polar surface area (TPSA) is 362 Å². The lowest BCUT2D eigenvalue weighted by molar-refractivity contribution is -0.141. The number of carbonyl (C=O) groups is 2. The quantitative estimate of drug-likeness (QED) is 0.0159. The molecule has 20 rings (SSSR count). The van der Waals surface area contributed by atoms with Crippen molar-refractivity contribution in [3.8, 4) is 108 Å². The molecule has 0 saturated carbocycles. The van der Waals surface area contributed by atoms with E-state index in [2.05, 4.69) is 109 Å². The molecule has 36 heteroatoms. The second kappa shape index (κ2) is 51.2. The van der Waals surface area contributed by atoms with E-state index in [1.165, 1.54) is 70.5 Å². The van der Waals surface area contributed by atoms with Crippen molar-refractivity contribution in [3.63, 3.8) is 0 Å².